The van der Waals surface area contributed by atoms with Crippen molar-refractivity contribution < 1.29 is 56.0 Å². The number of hydrogen-bond acceptors (Lipinski definition) is 2. The average molecular weight is 688 g/mol. The van der Waals surface area contributed by atoms with Crippen molar-refractivity contribution in [3.8, 4) is 33.8 Å². The van der Waals surface area contributed by atoms with E-state index in [0.29, 0.717) is 11.8 Å². The first-order valence-electron chi connectivity index (χ1n) is 15.1. The van der Waals surface area contributed by atoms with Gasteiger partial charge in [0.25, 0.3) is 0 Å². The van der Waals surface area contributed by atoms with Crippen LogP contribution in [0.2, 0.25) is 0 Å². The number of hydrogen-bond donors (Lipinski definition) is 0. The van der Waals surface area contributed by atoms with E-state index in [4.69, 9.17) is 9.47 Å². The van der Waals surface area contributed by atoms with Crippen molar-refractivity contribution in [1.82, 2.24) is 0 Å². The quantitative estimate of drug-likeness (QED) is 0.164. The molecular formula is C41H44Cl2O2Ti-4. The average Bonchev–Trinajstić information content (AvgIpc) is 3.67. The van der Waals surface area contributed by atoms with Gasteiger partial charge in [-0.05, 0) is 47.2 Å². The molecule has 0 radical (unpaired) electrons. The first-order chi connectivity index (χ1) is 20.8. The Kier molecular flexibility index (Phi) is 17.5. The SMILES string of the molecule is COc1ccc(-c2cccc3[cH-]c(C(C)C)cc23)cc1.COc1ccc(-c2cccc3[cH-]c(C(C)C)cc23)cc1.[CH2-]C[CH2-].[Cl-].[Cl-].[Ti+2]. The minimum absolute atomic E-state index is 0. The van der Waals surface area contributed by atoms with Crippen molar-refractivity contribution >= 4 is 21.5 Å². The molecule has 46 heavy (non-hydrogen) atoms. The Morgan fingerprint density at radius 1 is 0.565 bits per heavy atom. The maximum Gasteiger partial charge on any atom is 2.00 e. The van der Waals surface area contributed by atoms with Crippen LogP contribution in [0.5, 0.6) is 11.5 Å². The largest absolute Gasteiger partial charge is 2.00 e. The first-order valence-corrected chi connectivity index (χ1v) is 15.1. The molecule has 0 saturated carbocycles. The van der Waals surface area contributed by atoms with Crippen LogP contribution in [-0.2, 0) is 21.7 Å². The van der Waals surface area contributed by atoms with E-state index >= 15 is 0 Å². The molecule has 2 nitrogen and oxygen atoms in total. The maximum absolute atomic E-state index is 5.23. The number of ether oxygens (including phenoxy) is 2. The summed E-state index contributed by atoms with van der Waals surface area (Å²) in [7, 11) is 3.39. The summed E-state index contributed by atoms with van der Waals surface area (Å²) in [5.41, 5.74) is 7.85. The van der Waals surface area contributed by atoms with Gasteiger partial charge in [0, 0.05) is 0 Å². The van der Waals surface area contributed by atoms with E-state index in [1.54, 1.807) is 14.2 Å². The molecule has 0 aromatic heterocycles. The minimum atomic E-state index is 0. The first kappa shape index (κ1) is 41.0. The Morgan fingerprint density at radius 2 is 0.891 bits per heavy atom. The molecule has 6 aromatic rings. The van der Waals surface area contributed by atoms with Crippen molar-refractivity contribution in [3.05, 3.63) is 134 Å². The number of fused-ring (bicyclic) bond motifs is 2. The monoisotopic (exact) mass is 686 g/mol. The van der Waals surface area contributed by atoms with Gasteiger partial charge >= 0.3 is 21.7 Å². The van der Waals surface area contributed by atoms with Crippen LogP contribution in [0, 0.1) is 13.8 Å². The Balaban J connectivity index is 0.000000400. The number of benzene rings is 4. The van der Waals surface area contributed by atoms with Crippen LogP contribution in [0.15, 0.2) is 109 Å². The summed E-state index contributed by atoms with van der Waals surface area (Å²) >= 11 is 0. The zero-order valence-electron chi connectivity index (χ0n) is 27.7. The molecule has 0 bridgehead atoms. The van der Waals surface area contributed by atoms with Crippen LogP contribution >= 0.6 is 0 Å². The smallest absolute Gasteiger partial charge is 1.00 e. The van der Waals surface area contributed by atoms with Crippen LogP contribution in [0.4, 0.5) is 0 Å². The third kappa shape index (κ3) is 10.00. The van der Waals surface area contributed by atoms with Gasteiger partial charge in [0.15, 0.2) is 0 Å². The Morgan fingerprint density at radius 3 is 1.17 bits per heavy atom. The molecule has 0 spiro atoms. The van der Waals surface area contributed by atoms with Gasteiger partial charge in [-0.3, -0.25) is 0 Å². The Labute approximate surface area is 304 Å². The molecule has 0 amide bonds. The molecule has 5 heteroatoms. The van der Waals surface area contributed by atoms with E-state index in [-0.39, 0.29) is 46.5 Å². The summed E-state index contributed by atoms with van der Waals surface area (Å²) in [4.78, 5) is 0. The number of rotatable bonds is 6. The zero-order valence-corrected chi connectivity index (χ0v) is 30.8. The topological polar surface area (TPSA) is 18.5 Å². The van der Waals surface area contributed by atoms with Crippen molar-refractivity contribution in [2.75, 3.05) is 14.2 Å². The number of halogens is 2. The molecule has 0 fully saturated rings. The standard InChI is InChI=1S/2C19H19O.C3H6.2ClH.Ti/c2*1-13(2)16-11-15-5-4-6-18(19(15)12-16)14-7-9-17(20-3)10-8-14;1-3-2;;;/h2*4-13H,1-3H3;1-3H2;2*1H;/q2*-1;-2;;;+2/p-2. The van der Waals surface area contributed by atoms with E-state index in [9.17, 15) is 0 Å². The summed E-state index contributed by atoms with van der Waals surface area (Å²) in [5.74, 6) is 2.91. The molecule has 0 N–H and O–H groups in total. The molecular weight excluding hydrogens is 643 g/mol. The summed E-state index contributed by atoms with van der Waals surface area (Å²) in [6, 6.07) is 38.8. The molecule has 0 heterocycles. The second kappa shape index (κ2) is 19.6. The van der Waals surface area contributed by atoms with E-state index in [1.807, 2.05) is 24.3 Å². The Hall–Kier alpha value is -3.01. The zero-order chi connectivity index (χ0) is 30.9. The molecule has 6 aromatic carbocycles. The molecule has 0 aliphatic carbocycles. The molecule has 0 unspecified atom stereocenters. The summed E-state index contributed by atoms with van der Waals surface area (Å²) in [6.45, 7) is 15.7. The van der Waals surface area contributed by atoms with Gasteiger partial charge in [0.2, 0.25) is 0 Å². The van der Waals surface area contributed by atoms with Gasteiger partial charge in [0.05, 0.1) is 14.2 Å². The van der Waals surface area contributed by atoms with Crippen molar-refractivity contribution in [3.63, 3.8) is 0 Å². The van der Waals surface area contributed by atoms with E-state index in [1.165, 1.54) is 54.9 Å². The van der Waals surface area contributed by atoms with Gasteiger partial charge < -0.3 is 54.6 Å². The minimum Gasteiger partial charge on any atom is -1.00 e. The van der Waals surface area contributed by atoms with Crippen molar-refractivity contribution in [2.45, 2.75) is 46.0 Å². The second-order valence-corrected chi connectivity index (χ2v) is 11.3. The summed E-state index contributed by atoms with van der Waals surface area (Å²) < 4.78 is 10.5. The van der Waals surface area contributed by atoms with Crippen molar-refractivity contribution in [2.24, 2.45) is 0 Å². The van der Waals surface area contributed by atoms with Gasteiger partial charge in [-0.1, -0.05) is 75.2 Å². The van der Waals surface area contributed by atoms with Gasteiger partial charge in [0.1, 0.15) is 11.5 Å². The van der Waals surface area contributed by atoms with E-state index in [2.05, 4.69) is 126 Å². The molecule has 0 saturated heterocycles. The fourth-order valence-corrected chi connectivity index (χ4v) is 5.23. The van der Waals surface area contributed by atoms with Crippen molar-refractivity contribution in [1.29, 1.82) is 0 Å². The van der Waals surface area contributed by atoms with Gasteiger partial charge in [-0.15, -0.1) is 69.1 Å². The normalized spacial score (nSPS) is 10.1. The predicted octanol–water partition coefficient (Wildman–Crippen LogP) is 5.77. The third-order valence-corrected chi connectivity index (χ3v) is 7.68. The van der Waals surface area contributed by atoms with E-state index in [0.717, 1.165) is 17.9 Å². The van der Waals surface area contributed by atoms with Crippen LogP contribution < -0.4 is 34.3 Å². The maximum atomic E-state index is 5.23. The molecule has 6 rings (SSSR count). The number of methoxy groups -OCH3 is 2. The van der Waals surface area contributed by atoms with Crippen LogP contribution in [0.25, 0.3) is 43.8 Å². The van der Waals surface area contributed by atoms with Crippen LogP contribution in [0.3, 0.4) is 0 Å². The molecule has 0 aliphatic rings. The van der Waals surface area contributed by atoms with E-state index < -0.39 is 0 Å². The fourth-order valence-electron chi connectivity index (χ4n) is 5.23. The molecule has 0 atom stereocenters. The summed E-state index contributed by atoms with van der Waals surface area (Å²) in [5, 5.41) is 5.31. The second-order valence-electron chi connectivity index (χ2n) is 11.3. The van der Waals surface area contributed by atoms with Gasteiger partial charge in [-0.25, -0.2) is 0 Å². The molecule has 0 aliphatic heterocycles. The predicted molar refractivity (Wildman–Crippen MR) is 187 cm³/mol. The third-order valence-electron chi connectivity index (χ3n) is 7.68. The molecule has 242 valence electrons. The van der Waals surface area contributed by atoms with Crippen LogP contribution in [-0.4, -0.2) is 14.2 Å². The Bertz CT molecular complexity index is 1600. The fraction of sp³-hybridized carbons (Fsp3) is 0.220. The summed E-state index contributed by atoms with van der Waals surface area (Å²) in [6.07, 6.45) is 0.750. The van der Waals surface area contributed by atoms with Gasteiger partial charge in [-0.2, -0.15) is 12.1 Å². The van der Waals surface area contributed by atoms with Crippen LogP contribution in [0.1, 0.15) is 57.1 Å².